The number of thiazole rings is 2. The molecule has 5 aromatic heterocycles. The van der Waals surface area contributed by atoms with Gasteiger partial charge >= 0.3 is 12.4 Å². The number of aliphatic imine (C=N–C) groups is 2. The predicted octanol–water partition coefficient (Wildman–Crippen LogP) is 5.86. The van der Waals surface area contributed by atoms with E-state index in [0.29, 0.717) is 25.7 Å². The topological polar surface area (TPSA) is 278 Å². The van der Waals surface area contributed by atoms with Crippen LogP contribution in [0.25, 0.3) is 33.9 Å². The van der Waals surface area contributed by atoms with Crippen LogP contribution in [-0.4, -0.2) is 82.9 Å². The van der Waals surface area contributed by atoms with Gasteiger partial charge in [0, 0.05) is 34.3 Å². The van der Waals surface area contributed by atoms with E-state index in [-0.39, 0.29) is 82.2 Å². The van der Waals surface area contributed by atoms with E-state index in [4.69, 9.17) is 27.9 Å². The van der Waals surface area contributed by atoms with E-state index in [2.05, 4.69) is 72.8 Å². The molecule has 0 radical (unpaired) electrons. The number of rotatable bonds is 9. The van der Waals surface area contributed by atoms with Gasteiger partial charge in [0.15, 0.2) is 51.1 Å². The summed E-state index contributed by atoms with van der Waals surface area (Å²) < 4.78 is 91.9. The molecule has 0 saturated heterocycles. The molecule has 0 bridgehead atoms. The molecule has 0 saturated carbocycles. The van der Waals surface area contributed by atoms with Crippen molar-refractivity contribution in [2.75, 3.05) is 17.7 Å². The number of halogens is 8. The fraction of sp³-hybridized carbons (Fsp3) is 0.0714. The average Bonchev–Trinajstić information content (AvgIpc) is 4.25. The number of nitrogens with zero attached hydrogens (tertiary/aromatic N) is 9. The predicted molar refractivity (Wildman–Crippen MR) is 254 cm³/mol. The zero-order valence-electron chi connectivity index (χ0n) is 36.2. The number of pyridine rings is 1. The Morgan fingerprint density at radius 3 is 1.73 bits per heavy atom. The monoisotopic (exact) mass is 1090 g/mol. The lowest BCUT2D eigenvalue weighted by Crippen LogP contribution is -2.30. The molecule has 0 aliphatic carbocycles. The molecule has 74 heavy (non-hydrogen) atoms. The number of nitrogens with one attached hydrogen (secondary N) is 7. The van der Waals surface area contributed by atoms with Crippen molar-refractivity contribution >= 4 is 120 Å². The summed E-state index contributed by atoms with van der Waals surface area (Å²) in [6.07, 6.45) is -4.07. The van der Waals surface area contributed by atoms with Gasteiger partial charge in [0.25, 0.3) is 11.8 Å². The van der Waals surface area contributed by atoms with Crippen LogP contribution in [0, 0.1) is 0 Å². The number of hydrogen-bond acceptors (Lipinski definition) is 20. The Kier molecular flexibility index (Phi) is 13.3. The highest BCUT2D eigenvalue weighted by atomic mass is 35.5. The smallest absolute Gasteiger partial charge is 0.434 e. The van der Waals surface area contributed by atoms with Crippen LogP contribution in [0.2, 0.25) is 8.67 Å². The molecule has 0 spiro atoms. The second-order valence-corrected chi connectivity index (χ2v) is 17.7. The van der Waals surface area contributed by atoms with Gasteiger partial charge in [0.05, 0.1) is 42.0 Å². The zero-order chi connectivity index (χ0) is 52.6. The average molecular weight is 1100 g/mol. The Labute approximate surface area is 424 Å². The molecule has 7 aromatic rings. The number of methoxy groups -OCH3 is 1. The highest BCUT2D eigenvalue weighted by molar-refractivity contribution is 7.20. The SMILES string of the molecule is COc1nccc2c(-n3ncc(C(=O)Nc4nc(C5=NC(=C=O)NN5)c(Cl)s4)c3C(F)(F)F)cccc12.O=C=C1N=C(c2nc(NC(=O)c3cnn(-c4cccc5c4C=CNC5=C=O)c3C(F)(F)F)sc2Cl)NN1. The first-order chi connectivity index (χ1) is 35.4. The van der Waals surface area contributed by atoms with Crippen molar-refractivity contribution in [3.63, 3.8) is 0 Å². The van der Waals surface area contributed by atoms with Gasteiger partial charge in [-0.1, -0.05) is 64.1 Å². The highest BCUT2D eigenvalue weighted by Crippen LogP contribution is 2.39. The van der Waals surface area contributed by atoms with Crippen LogP contribution in [0.15, 0.2) is 88.9 Å². The molecule has 32 heteroatoms. The molecular weight excluding hydrogens is 1070 g/mol. The van der Waals surface area contributed by atoms with Crippen molar-refractivity contribution < 1.29 is 55.1 Å². The first-order valence-corrected chi connectivity index (χ1v) is 22.5. The number of hydrogen-bond donors (Lipinski definition) is 7. The molecule has 8 heterocycles. The maximum Gasteiger partial charge on any atom is 0.434 e. The van der Waals surface area contributed by atoms with Crippen LogP contribution < -0.4 is 42.4 Å². The summed E-state index contributed by atoms with van der Waals surface area (Å²) in [5.41, 5.74) is 6.65. The number of carbonyl (C=O) groups excluding carboxylic acids is 5. The largest absolute Gasteiger partial charge is 0.481 e. The maximum atomic E-state index is 14.2. The van der Waals surface area contributed by atoms with E-state index >= 15 is 0 Å². The number of ether oxygens (including phenoxy) is 1. The van der Waals surface area contributed by atoms with Crippen LogP contribution in [0.5, 0.6) is 5.88 Å². The minimum absolute atomic E-state index is 0.00851. The Bertz CT molecular complexity index is 3750. The number of amidine groups is 2. The lowest BCUT2D eigenvalue weighted by atomic mass is 10.0. The summed E-state index contributed by atoms with van der Waals surface area (Å²) in [4.78, 5) is 78.5. The fourth-order valence-electron chi connectivity index (χ4n) is 7.18. The molecule has 0 fully saturated rings. The van der Waals surface area contributed by atoms with Crippen LogP contribution in [0.1, 0.15) is 54.6 Å². The van der Waals surface area contributed by atoms with Crippen molar-refractivity contribution in [3.8, 4) is 17.3 Å². The van der Waals surface area contributed by atoms with Crippen LogP contribution in [0.4, 0.5) is 36.6 Å². The van der Waals surface area contributed by atoms with Gasteiger partial charge in [-0.05, 0) is 30.3 Å². The molecule has 0 unspecified atom stereocenters. The van der Waals surface area contributed by atoms with Gasteiger partial charge in [-0.15, -0.1) is 0 Å². The van der Waals surface area contributed by atoms with Crippen molar-refractivity contribution in [2.24, 2.45) is 9.98 Å². The third kappa shape index (κ3) is 9.53. The number of hydrazine groups is 2. The number of fused-ring (bicyclic) bond motifs is 2. The molecule has 22 nitrogen and oxygen atoms in total. The Balaban J connectivity index is 0.000000182. The van der Waals surface area contributed by atoms with Gasteiger partial charge in [-0.3, -0.25) is 41.9 Å². The number of aromatic nitrogens is 7. The summed E-state index contributed by atoms with van der Waals surface area (Å²) in [5, 5.41) is 15.6. The molecule has 2 amide bonds. The van der Waals surface area contributed by atoms with Crippen molar-refractivity contribution in [1.29, 1.82) is 0 Å². The third-order valence-corrected chi connectivity index (χ3v) is 12.5. The number of anilines is 2. The van der Waals surface area contributed by atoms with Crippen LogP contribution >= 0.6 is 45.9 Å². The van der Waals surface area contributed by atoms with Crippen LogP contribution in [0.3, 0.4) is 0 Å². The van der Waals surface area contributed by atoms with Crippen molar-refractivity contribution in [2.45, 2.75) is 12.4 Å². The molecule has 374 valence electrons. The molecule has 3 aliphatic rings. The van der Waals surface area contributed by atoms with E-state index < -0.39 is 46.7 Å². The van der Waals surface area contributed by atoms with Gasteiger partial charge in [0.1, 0.15) is 25.8 Å². The Hall–Kier alpha value is -9.14. The molecule has 7 N–H and O–H groups in total. The van der Waals surface area contributed by atoms with Gasteiger partial charge in [-0.2, -0.15) is 46.5 Å². The minimum Gasteiger partial charge on any atom is -0.481 e. The third-order valence-electron chi connectivity index (χ3n) is 10.2. The second kappa shape index (κ2) is 19.8. The molecule has 10 rings (SSSR count). The molecular formula is C42H22Cl2F6N16O6S2. The highest BCUT2D eigenvalue weighted by Gasteiger charge is 2.43. The Morgan fingerprint density at radius 1 is 0.703 bits per heavy atom. The number of amides is 2. The molecule has 0 atom stereocenters. The van der Waals surface area contributed by atoms with E-state index in [0.717, 1.165) is 35.1 Å². The normalized spacial score (nSPS) is 13.6. The van der Waals surface area contributed by atoms with Gasteiger partial charge in [0.2, 0.25) is 17.5 Å². The molecule has 2 aromatic carbocycles. The van der Waals surface area contributed by atoms with E-state index in [1.165, 1.54) is 73.9 Å². The lowest BCUT2D eigenvalue weighted by molar-refractivity contribution is -0.143. The lowest BCUT2D eigenvalue weighted by Gasteiger charge is -2.19. The first kappa shape index (κ1) is 49.8. The summed E-state index contributed by atoms with van der Waals surface area (Å²) >= 11 is 13.9. The number of benzene rings is 2. The van der Waals surface area contributed by atoms with Crippen molar-refractivity contribution in [3.05, 3.63) is 133 Å². The van der Waals surface area contributed by atoms with Gasteiger partial charge in [-0.25, -0.2) is 38.7 Å². The first-order valence-electron chi connectivity index (χ1n) is 20.1. The van der Waals surface area contributed by atoms with E-state index in [1.807, 2.05) is 0 Å². The quantitative estimate of drug-likeness (QED) is 0.0658. The van der Waals surface area contributed by atoms with E-state index in [1.54, 1.807) is 12.0 Å². The summed E-state index contributed by atoms with van der Waals surface area (Å²) in [6, 6.07) is 10.5. The van der Waals surface area contributed by atoms with Gasteiger partial charge < -0.3 is 10.1 Å². The standard InChI is InChI=1S/C21H12ClF3N8O3S.C21H10ClF3N8O3S/c1-36-19-10-3-2-4-12(9(10)5-6-26-19)33-15(21(23,24)25)11(7-27-33)18(35)30-20-29-14(16(22)37-20)17-28-13(8-34)31-32-17;22-17-15(18-28-14(8-35)31-32-18)29-20(37-17)30-19(36)11-6-27-33(16(11)21(23,24)25)13-3-1-2-9-10(13)4-5-26-12(9)7-34/h2-7,31H,1H3,(H,28,32)(H,29,30,35);1-6,26,31H,(H,28,32)(H,29,30,36). The number of alkyl halides is 6. The fourth-order valence-corrected chi connectivity index (χ4v) is 9.26. The minimum atomic E-state index is -4.98. The summed E-state index contributed by atoms with van der Waals surface area (Å²) in [5.74, 6) is 2.58. The summed E-state index contributed by atoms with van der Waals surface area (Å²) in [7, 11) is 1.39. The summed E-state index contributed by atoms with van der Waals surface area (Å²) in [6.45, 7) is 0. The van der Waals surface area contributed by atoms with E-state index in [9.17, 15) is 50.3 Å². The molecule has 3 aliphatic heterocycles. The second-order valence-electron chi connectivity index (χ2n) is 14.5. The zero-order valence-corrected chi connectivity index (χ0v) is 39.4. The van der Waals surface area contributed by atoms with Crippen molar-refractivity contribution in [1.82, 2.24) is 61.5 Å². The number of carbonyl (C=O) groups is 2. The van der Waals surface area contributed by atoms with Crippen LogP contribution in [-0.2, 0) is 26.7 Å². The maximum absolute atomic E-state index is 14.2. The Morgan fingerprint density at radius 2 is 1.23 bits per heavy atom.